The predicted molar refractivity (Wildman–Crippen MR) is 119 cm³/mol. The predicted octanol–water partition coefficient (Wildman–Crippen LogP) is 4.68. The Morgan fingerprint density at radius 1 is 1.16 bits per heavy atom. The third-order valence-corrected chi connectivity index (χ3v) is 5.11. The summed E-state index contributed by atoms with van der Waals surface area (Å²) in [6, 6.07) is 8.37. The van der Waals surface area contributed by atoms with E-state index >= 15 is 0 Å². The largest absolute Gasteiger partial charge is 0.478 e. The second-order valence-electron chi connectivity index (χ2n) is 5.01. The van der Waals surface area contributed by atoms with Crippen molar-refractivity contribution >= 4 is 91.7 Å². The zero-order valence-electron chi connectivity index (χ0n) is 12.7. The molecule has 2 aromatic carbocycles. The SMILES string of the molecule is Cc1ccc(C(=O)NC(=S)Nc2c(I)cc(I)cc2C(=O)O)c(Cl)c1. The molecule has 25 heavy (non-hydrogen) atoms. The lowest BCUT2D eigenvalue weighted by molar-refractivity contribution is 0.0697. The van der Waals surface area contributed by atoms with Crippen LogP contribution in [0.2, 0.25) is 5.02 Å². The molecule has 0 heterocycles. The fourth-order valence-corrected chi connectivity index (χ4v) is 4.48. The van der Waals surface area contributed by atoms with Crippen LogP contribution in [-0.4, -0.2) is 22.1 Å². The van der Waals surface area contributed by atoms with Crippen LogP contribution in [0.5, 0.6) is 0 Å². The van der Waals surface area contributed by atoms with Crippen molar-refractivity contribution in [2.24, 2.45) is 0 Å². The summed E-state index contributed by atoms with van der Waals surface area (Å²) in [6.07, 6.45) is 0. The Hall–Kier alpha value is -0.980. The monoisotopic (exact) mass is 600 g/mol. The van der Waals surface area contributed by atoms with Gasteiger partial charge in [-0.3, -0.25) is 10.1 Å². The second-order valence-corrected chi connectivity index (χ2v) is 8.23. The Kier molecular flexibility index (Phi) is 7.00. The van der Waals surface area contributed by atoms with E-state index in [4.69, 9.17) is 23.8 Å². The summed E-state index contributed by atoms with van der Waals surface area (Å²) in [7, 11) is 0. The van der Waals surface area contributed by atoms with E-state index in [9.17, 15) is 14.7 Å². The number of anilines is 1. The number of halogens is 3. The van der Waals surface area contributed by atoms with E-state index < -0.39 is 11.9 Å². The molecule has 0 bridgehead atoms. The first kappa shape index (κ1) is 20.3. The standard InChI is InChI=1S/C16H11ClI2N2O3S/c1-7-2-3-9(11(17)4-7)14(22)21-16(25)20-13-10(15(23)24)5-8(18)6-12(13)19/h2-6H,1H3,(H,23,24)(H2,20,21,22,25). The Balaban J connectivity index is 2.21. The molecule has 2 aromatic rings. The number of hydrogen-bond acceptors (Lipinski definition) is 3. The van der Waals surface area contributed by atoms with Gasteiger partial charge in [0.05, 0.1) is 21.8 Å². The van der Waals surface area contributed by atoms with Crippen LogP contribution in [0.25, 0.3) is 0 Å². The van der Waals surface area contributed by atoms with Crippen molar-refractivity contribution in [3.63, 3.8) is 0 Å². The molecule has 9 heteroatoms. The number of benzene rings is 2. The summed E-state index contributed by atoms with van der Waals surface area (Å²) in [5.41, 5.74) is 1.61. The van der Waals surface area contributed by atoms with Gasteiger partial charge >= 0.3 is 5.97 Å². The van der Waals surface area contributed by atoms with Gasteiger partial charge in [0.2, 0.25) is 0 Å². The van der Waals surface area contributed by atoms with Crippen molar-refractivity contribution in [1.29, 1.82) is 0 Å². The molecular formula is C16H11ClI2N2O3S. The summed E-state index contributed by atoms with van der Waals surface area (Å²) in [5, 5.41) is 15.0. The number of carbonyl (C=O) groups is 2. The van der Waals surface area contributed by atoms with Gasteiger partial charge in [-0.2, -0.15) is 0 Å². The van der Waals surface area contributed by atoms with Crippen LogP contribution >= 0.6 is 69.0 Å². The number of rotatable bonds is 3. The van der Waals surface area contributed by atoms with Crippen LogP contribution in [0.3, 0.4) is 0 Å². The minimum absolute atomic E-state index is 0.0109. The van der Waals surface area contributed by atoms with Gasteiger partial charge < -0.3 is 10.4 Å². The van der Waals surface area contributed by atoms with E-state index in [-0.39, 0.29) is 16.2 Å². The van der Waals surface area contributed by atoms with Gasteiger partial charge in [-0.05, 0) is 94.2 Å². The number of carboxylic acids is 1. The minimum atomic E-state index is -1.09. The molecule has 130 valence electrons. The number of carbonyl (C=O) groups excluding carboxylic acids is 1. The van der Waals surface area contributed by atoms with E-state index in [0.717, 1.165) is 9.13 Å². The quantitative estimate of drug-likeness (QED) is 0.353. The average Bonchev–Trinajstić information content (AvgIpc) is 2.49. The number of thiocarbonyl (C=S) groups is 1. The van der Waals surface area contributed by atoms with E-state index in [2.05, 4.69) is 10.6 Å². The zero-order valence-corrected chi connectivity index (χ0v) is 18.6. The maximum Gasteiger partial charge on any atom is 0.337 e. The molecule has 0 spiro atoms. The van der Waals surface area contributed by atoms with Crippen molar-refractivity contribution < 1.29 is 14.7 Å². The first-order valence-electron chi connectivity index (χ1n) is 6.80. The summed E-state index contributed by atoms with van der Waals surface area (Å²) in [4.78, 5) is 23.7. The number of aromatic carboxylic acids is 1. The van der Waals surface area contributed by atoms with Gasteiger partial charge in [-0.25, -0.2) is 4.79 Å². The first-order chi connectivity index (χ1) is 11.7. The zero-order chi connectivity index (χ0) is 18.7. The molecule has 0 radical (unpaired) electrons. The molecule has 0 unspecified atom stereocenters. The summed E-state index contributed by atoms with van der Waals surface area (Å²) in [5.74, 6) is -1.56. The maximum atomic E-state index is 12.3. The fraction of sp³-hybridized carbons (Fsp3) is 0.0625. The van der Waals surface area contributed by atoms with Crippen LogP contribution in [0.1, 0.15) is 26.3 Å². The lowest BCUT2D eigenvalue weighted by Gasteiger charge is -2.14. The molecule has 0 saturated heterocycles. The van der Waals surface area contributed by atoms with Gasteiger partial charge in [0.1, 0.15) is 0 Å². The summed E-state index contributed by atoms with van der Waals surface area (Å²) < 4.78 is 1.46. The molecular weight excluding hydrogens is 590 g/mol. The average molecular weight is 601 g/mol. The number of nitrogens with one attached hydrogen (secondary N) is 2. The lowest BCUT2D eigenvalue weighted by atomic mass is 10.1. The van der Waals surface area contributed by atoms with E-state index in [1.807, 2.05) is 52.1 Å². The molecule has 0 fully saturated rings. The topological polar surface area (TPSA) is 78.4 Å². The van der Waals surface area contributed by atoms with Crippen molar-refractivity contribution in [2.45, 2.75) is 6.92 Å². The smallest absolute Gasteiger partial charge is 0.337 e. The van der Waals surface area contributed by atoms with E-state index in [0.29, 0.717) is 14.3 Å². The number of carboxylic acid groups (broad SMARTS) is 1. The minimum Gasteiger partial charge on any atom is -0.478 e. The van der Waals surface area contributed by atoms with Crippen molar-refractivity contribution in [2.75, 3.05) is 5.32 Å². The van der Waals surface area contributed by atoms with Crippen LogP contribution < -0.4 is 10.6 Å². The van der Waals surface area contributed by atoms with Crippen LogP contribution in [0, 0.1) is 14.1 Å². The Morgan fingerprint density at radius 3 is 2.44 bits per heavy atom. The maximum absolute atomic E-state index is 12.3. The fourth-order valence-electron chi connectivity index (χ4n) is 1.99. The first-order valence-corrected chi connectivity index (χ1v) is 9.74. The van der Waals surface area contributed by atoms with Gasteiger partial charge in [-0.1, -0.05) is 17.7 Å². The highest BCUT2D eigenvalue weighted by atomic mass is 127. The normalized spacial score (nSPS) is 10.2. The van der Waals surface area contributed by atoms with Gasteiger partial charge in [0.15, 0.2) is 5.11 Å². The molecule has 1 amide bonds. The molecule has 5 nitrogen and oxygen atoms in total. The van der Waals surface area contributed by atoms with Crippen LogP contribution in [0.15, 0.2) is 30.3 Å². The van der Waals surface area contributed by atoms with E-state index in [1.165, 1.54) is 6.07 Å². The van der Waals surface area contributed by atoms with Crippen LogP contribution in [0.4, 0.5) is 5.69 Å². The second kappa shape index (κ2) is 8.60. The molecule has 0 aliphatic rings. The highest BCUT2D eigenvalue weighted by Gasteiger charge is 2.17. The molecule has 3 N–H and O–H groups in total. The highest BCUT2D eigenvalue weighted by molar-refractivity contribution is 14.1. The Labute approximate surface area is 181 Å². The van der Waals surface area contributed by atoms with Crippen molar-refractivity contribution in [3.8, 4) is 0 Å². The molecule has 0 aromatic heterocycles. The van der Waals surface area contributed by atoms with E-state index in [1.54, 1.807) is 24.3 Å². The Bertz CT molecular complexity index is 890. The summed E-state index contributed by atoms with van der Waals surface area (Å²) in [6.45, 7) is 1.87. The third kappa shape index (κ3) is 5.25. The molecule has 2 rings (SSSR count). The van der Waals surface area contributed by atoms with Crippen molar-refractivity contribution in [3.05, 3.63) is 59.2 Å². The molecule has 0 aliphatic carbocycles. The number of aryl methyl sites for hydroxylation is 1. The van der Waals surface area contributed by atoms with Gasteiger partial charge in [0, 0.05) is 7.14 Å². The third-order valence-electron chi connectivity index (χ3n) is 3.12. The molecule has 0 aliphatic heterocycles. The van der Waals surface area contributed by atoms with Gasteiger partial charge in [-0.15, -0.1) is 0 Å². The van der Waals surface area contributed by atoms with Crippen LogP contribution in [-0.2, 0) is 0 Å². The highest BCUT2D eigenvalue weighted by Crippen LogP contribution is 2.26. The molecule has 0 saturated carbocycles. The number of amides is 1. The lowest BCUT2D eigenvalue weighted by Crippen LogP contribution is -2.35. The summed E-state index contributed by atoms with van der Waals surface area (Å²) >= 11 is 15.3. The van der Waals surface area contributed by atoms with Gasteiger partial charge in [0.25, 0.3) is 5.91 Å². The molecule has 0 atom stereocenters. The number of hydrogen-bond donors (Lipinski definition) is 3. The van der Waals surface area contributed by atoms with Crippen molar-refractivity contribution in [1.82, 2.24) is 5.32 Å². The Morgan fingerprint density at radius 2 is 1.84 bits per heavy atom.